The minimum atomic E-state index is -0.474. The monoisotopic (exact) mass is 344 g/mol. The van der Waals surface area contributed by atoms with Crippen LogP contribution in [0.4, 0.5) is 0 Å². The molecular formula is C18H17ClN2O3. The van der Waals surface area contributed by atoms with Crippen LogP contribution in [0.1, 0.15) is 18.4 Å². The number of H-pyrrole nitrogens is 1. The Morgan fingerprint density at radius 1 is 1.17 bits per heavy atom. The number of ether oxygens (including phenoxy) is 1. The summed E-state index contributed by atoms with van der Waals surface area (Å²) in [5.74, 6) is -1.08. The predicted octanol–water partition coefficient (Wildman–Crippen LogP) is 3.37. The van der Waals surface area contributed by atoms with E-state index >= 15 is 0 Å². The van der Waals surface area contributed by atoms with E-state index in [4.69, 9.17) is 11.6 Å². The molecule has 124 valence electrons. The highest BCUT2D eigenvalue weighted by Crippen LogP contribution is 2.30. The number of aromatic amines is 1. The van der Waals surface area contributed by atoms with Crippen molar-refractivity contribution in [3.63, 3.8) is 0 Å². The SMILES string of the molecule is COC(=O)CNC(=O)C(C)c1ccc2c(c1)[nH]c1ccc(Cl)cc12. The highest BCUT2D eigenvalue weighted by molar-refractivity contribution is 6.31. The van der Waals surface area contributed by atoms with E-state index in [-0.39, 0.29) is 18.4 Å². The number of amides is 1. The summed E-state index contributed by atoms with van der Waals surface area (Å²) >= 11 is 6.07. The number of hydrogen-bond donors (Lipinski definition) is 2. The molecule has 3 aromatic rings. The van der Waals surface area contributed by atoms with Gasteiger partial charge in [0.1, 0.15) is 6.54 Å². The number of benzene rings is 2. The van der Waals surface area contributed by atoms with E-state index < -0.39 is 5.97 Å². The van der Waals surface area contributed by atoms with Crippen LogP contribution in [0.15, 0.2) is 36.4 Å². The molecule has 0 aliphatic heterocycles. The summed E-state index contributed by atoms with van der Waals surface area (Å²) in [7, 11) is 1.29. The van der Waals surface area contributed by atoms with E-state index in [0.29, 0.717) is 5.02 Å². The summed E-state index contributed by atoms with van der Waals surface area (Å²) in [4.78, 5) is 26.6. The first-order chi connectivity index (χ1) is 11.5. The van der Waals surface area contributed by atoms with E-state index in [1.807, 2.05) is 36.4 Å². The first-order valence-electron chi connectivity index (χ1n) is 7.55. The summed E-state index contributed by atoms with van der Waals surface area (Å²) in [6.07, 6.45) is 0. The fourth-order valence-corrected chi connectivity index (χ4v) is 2.87. The molecule has 0 radical (unpaired) electrons. The average Bonchev–Trinajstić information content (AvgIpc) is 2.95. The second-order valence-electron chi connectivity index (χ2n) is 5.64. The molecule has 1 unspecified atom stereocenters. The molecule has 0 fully saturated rings. The molecule has 6 heteroatoms. The third-order valence-corrected chi connectivity index (χ3v) is 4.35. The first-order valence-corrected chi connectivity index (χ1v) is 7.93. The Morgan fingerprint density at radius 2 is 1.96 bits per heavy atom. The first kappa shape index (κ1) is 16.3. The quantitative estimate of drug-likeness (QED) is 0.713. The van der Waals surface area contributed by atoms with Gasteiger partial charge in [0.25, 0.3) is 0 Å². The van der Waals surface area contributed by atoms with Crippen molar-refractivity contribution < 1.29 is 14.3 Å². The molecule has 0 aliphatic rings. The molecule has 2 aromatic carbocycles. The number of hydrogen-bond acceptors (Lipinski definition) is 3. The third kappa shape index (κ3) is 3.08. The maximum Gasteiger partial charge on any atom is 0.325 e. The third-order valence-electron chi connectivity index (χ3n) is 4.11. The Hall–Kier alpha value is -2.53. The zero-order valence-electron chi connectivity index (χ0n) is 13.4. The Bertz CT molecular complexity index is 933. The van der Waals surface area contributed by atoms with Crippen molar-refractivity contribution in [2.45, 2.75) is 12.8 Å². The van der Waals surface area contributed by atoms with Crippen molar-refractivity contribution in [1.29, 1.82) is 0 Å². The van der Waals surface area contributed by atoms with E-state index in [1.165, 1.54) is 7.11 Å². The van der Waals surface area contributed by atoms with Crippen LogP contribution in [-0.2, 0) is 14.3 Å². The molecule has 5 nitrogen and oxygen atoms in total. The fourth-order valence-electron chi connectivity index (χ4n) is 2.70. The van der Waals surface area contributed by atoms with Gasteiger partial charge in [0.2, 0.25) is 5.91 Å². The molecule has 1 heterocycles. The lowest BCUT2D eigenvalue weighted by Crippen LogP contribution is -2.33. The van der Waals surface area contributed by atoms with Gasteiger partial charge in [0, 0.05) is 26.8 Å². The van der Waals surface area contributed by atoms with Gasteiger partial charge in [-0.05, 0) is 36.8 Å². The largest absolute Gasteiger partial charge is 0.468 e. The number of halogens is 1. The molecule has 0 aliphatic carbocycles. The van der Waals surface area contributed by atoms with Crippen molar-refractivity contribution in [3.05, 3.63) is 47.0 Å². The summed E-state index contributed by atoms with van der Waals surface area (Å²) in [6, 6.07) is 11.5. The predicted molar refractivity (Wildman–Crippen MR) is 94.3 cm³/mol. The van der Waals surface area contributed by atoms with Crippen LogP contribution in [0.2, 0.25) is 5.02 Å². The normalized spacial score (nSPS) is 12.3. The summed E-state index contributed by atoms with van der Waals surface area (Å²) in [5, 5.41) is 5.36. The Balaban J connectivity index is 1.88. The van der Waals surface area contributed by atoms with Crippen LogP contribution in [0, 0.1) is 0 Å². The number of esters is 1. The maximum atomic E-state index is 12.2. The van der Waals surface area contributed by atoms with Crippen LogP contribution < -0.4 is 5.32 Å². The molecule has 1 atom stereocenters. The molecule has 3 rings (SSSR count). The minimum absolute atomic E-state index is 0.132. The Kier molecular flexibility index (Phi) is 4.44. The number of aromatic nitrogens is 1. The topological polar surface area (TPSA) is 71.2 Å². The van der Waals surface area contributed by atoms with E-state index in [9.17, 15) is 9.59 Å². The van der Waals surface area contributed by atoms with Gasteiger partial charge in [-0.25, -0.2) is 0 Å². The molecule has 24 heavy (non-hydrogen) atoms. The van der Waals surface area contributed by atoms with Gasteiger partial charge >= 0.3 is 5.97 Å². The molecule has 0 spiro atoms. The number of methoxy groups -OCH3 is 1. The standard InChI is InChI=1S/C18H17ClN2O3/c1-10(18(23)20-9-17(22)24-2)11-3-5-13-14-8-12(19)4-6-15(14)21-16(13)7-11/h3-8,10,21H,9H2,1-2H3,(H,20,23). The molecule has 1 aromatic heterocycles. The molecule has 1 amide bonds. The van der Waals surface area contributed by atoms with Gasteiger partial charge in [-0.15, -0.1) is 0 Å². The van der Waals surface area contributed by atoms with Crippen LogP contribution >= 0.6 is 11.6 Å². The fraction of sp³-hybridized carbons (Fsp3) is 0.222. The minimum Gasteiger partial charge on any atom is -0.468 e. The average molecular weight is 345 g/mol. The lowest BCUT2D eigenvalue weighted by atomic mass is 9.98. The zero-order valence-corrected chi connectivity index (χ0v) is 14.1. The number of carbonyl (C=O) groups is 2. The van der Waals surface area contributed by atoms with Gasteiger partial charge in [-0.1, -0.05) is 23.7 Å². The zero-order chi connectivity index (χ0) is 17.3. The van der Waals surface area contributed by atoms with Crippen molar-refractivity contribution in [3.8, 4) is 0 Å². The second-order valence-corrected chi connectivity index (χ2v) is 6.07. The van der Waals surface area contributed by atoms with Crippen LogP contribution in [0.25, 0.3) is 21.8 Å². The van der Waals surface area contributed by atoms with Gasteiger partial charge in [0.05, 0.1) is 13.0 Å². The number of carbonyl (C=O) groups excluding carboxylic acids is 2. The Morgan fingerprint density at radius 3 is 2.71 bits per heavy atom. The van der Waals surface area contributed by atoms with Crippen molar-refractivity contribution in [1.82, 2.24) is 10.3 Å². The van der Waals surface area contributed by atoms with Crippen molar-refractivity contribution in [2.75, 3.05) is 13.7 Å². The molecule has 2 N–H and O–H groups in total. The van der Waals surface area contributed by atoms with E-state index in [1.54, 1.807) is 6.92 Å². The van der Waals surface area contributed by atoms with Crippen molar-refractivity contribution in [2.24, 2.45) is 0 Å². The van der Waals surface area contributed by atoms with E-state index in [2.05, 4.69) is 15.0 Å². The van der Waals surface area contributed by atoms with Gasteiger partial charge in [0.15, 0.2) is 0 Å². The Labute approximate surface area is 143 Å². The summed E-state index contributed by atoms with van der Waals surface area (Å²) in [6.45, 7) is 1.67. The second kappa shape index (κ2) is 6.53. The highest BCUT2D eigenvalue weighted by atomic mass is 35.5. The van der Waals surface area contributed by atoms with Gasteiger partial charge < -0.3 is 15.0 Å². The van der Waals surface area contributed by atoms with Crippen LogP contribution in [0.5, 0.6) is 0 Å². The van der Waals surface area contributed by atoms with Crippen molar-refractivity contribution >= 4 is 45.3 Å². The number of rotatable bonds is 4. The van der Waals surface area contributed by atoms with Crippen LogP contribution in [-0.4, -0.2) is 30.5 Å². The number of nitrogens with one attached hydrogen (secondary N) is 2. The molecule has 0 bridgehead atoms. The summed E-state index contributed by atoms with van der Waals surface area (Å²) < 4.78 is 4.52. The molecule has 0 saturated heterocycles. The molecular weight excluding hydrogens is 328 g/mol. The number of fused-ring (bicyclic) bond motifs is 3. The highest BCUT2D eigenvalue weighted by Gasteiger charge is 2.17. The lowest BCUT2D eigenvalue weighted by Gasteiger charge is -2.12. The smallest absolute Gasteiger partial charge is 0.325 e. The van der Waals surface area contributed by atoms with Gasteiger partial charge in [-0.2, -0.15) is 0 Å². The maximum absolute atomic E-state index is 12.2. The van der Waals surface area contributed by atoms with E-state index in [0.717, 1.165) is 27.4 Å². The molecule has 0 saturated carbocycles. The lowest BCUT2D eigenvalue weighted by molar-refractivity contribution is -0.141. The van der Waals surface area contributed by atoms with Gasteiger partial charge in [-0.3, -0.25) is 9.59 Å². The van der Waals surface area contributed by atoms with Crippen LogP contribution in [0.3, 0.4) is 0 Å². The summed E-state index contributed by atoms with van der Waals surface area (Å²) in [5.41, 5.74) is 2.80.